The van der Waals surface area contributed by atoms with Gasteiger partial charge in [-0.1, -0.05) is 0 Å². The molecule has 0 spiro atoms. The van der Waals surface area contributed by atoms with Crippen LogP contribution in [0.25, 0.3) is 0 Å². The molecule has 0 saturated carbocycles. The zero-order valence-corrected chi connectivity index (χ0v) is 10.5. The second kappa shape index (κ2) is 5.42. The van der Waals surface area contributed by atoms with Crippen LogP contribution < -0.4 is 4.90 Å². The molecule has 5 heteroatoms. The van der Waals surface area contributed by atoms with Crippen LogP contribution in [0.3, 0.4) is 0 Å². The van der Waals surface area contributed by atoms with E-state index in [1.54, 1.807) is 17.8 Å². The van der Waals surface area contributed by atoms with Gasteiger partial charge in [-0.25, -0.2) is 4.79 Å². The third-order valence-corrected chi connectivity index (χ3v) is 3.51. The molecule has 1 aromatic rings. The molecule has 1 heterocycles. The van der Waals surface area contributed by atoms with Gasteiger partial charge in [0.15, 0.2) is 0 Å². The highest BCUT2D eigenvalue weighted by molar-refractivity contribution is 7.98. The van der Waals surface area contributed by atoms with E-state index < -0.39 is 5.97 Å². The molecule has 0 radical (unpaired) electrons. The molecule has 1 aliphatic heterocycles. The van der Waals surface area contributed by atoms with Gasteiger partial charge >= 0.3 is 5.97 Å². The standard InChI is InChI=1S/C12H15NO3S/c1-17-9-2-3-11(10(8-9)12(14)15)13-4-6-16-7-5-13/h2-3,8H,4-7H2,1H3,(H,14,15). The van der Waals surface area contributed by atoms with Gasteiger partial charge in [-0.15, -0.1) is 11.8 Å². The molecule has 1 saturated heterocycles. The van der Waals surface area contributed by atoms with Crippen LogP contribution in [0.4, 0.5) is 5.69 Å². The average Bonchev–Trinajstić information content (AvgIpc) is 2.39. The van der Waals surface area contributed by atoms with E-state index >= 15 is 0 Å². The summed E-state index contributed by atoms with van der Waals surface area (Å²) in [7, 11) is 0. The van der Waals surface area contributed by atoms with Crippen LogP contribution >= 0.6 is 11.8 Å². The lowest BCUT2D eigenvalue weighted by Gasteiger charge is -2.30. The fourth-order valence-electron chi connectivity index (χ4n) is 1.89. The first-order valence-electron chi connectivity index (χ1n) is 5.46. The predicted molar refractivity (Wildman–Crippen MR) is 68.2 cm³/mol. The highest BCUT2D eigenvalue weighted by atomic mass is 32.2. The van der Waals surface area contributed by atoms with Crippen LogP contribution in [-0.2, 0) is 4.74 Å². The molecule has 0 aliphatic carbocycles. The van der Waals surface area contributed by atoms with Gasteiger partial charge in [0.25, 0.3) is 0 Å². The van der Waals surface area contributed by atoms with Crippen molar-refractivity contribution in [3.63, 3.8) is 0 Å². The SMILES string of the molecule is CSc1ccc(N2CCOCC2)c(C(=O)O)c1. The normalized spacial score (nSPS) is 15.9. The molecule has 92 valence electrons. The maximum absolute atomic E-state index is 11.3. The summed E-state index contributed by atoms with van der Waals surface area (Å²) in [6.07, 6.45) is 1.94. The number of carbonyl (C=O) groups is 1. The van der Waals surface area contributed by atoms with Crippen molar-refractivity contribution in [1.82, 2.24) is 0 Å². The number of hydrogen-bond acceptors (Lipinski definition) is 4. The average molecular weight is 253 g/mol. The number of morpholine rings is 1. The van der Waals surface area contributed by atoms with Crippen molar-refractivity contribution in [2.24, 2.45) is 0 Å². The summed E-state index contributed by atoms with van der Waals surface area (Å²) in [4.78, 5) is 14.3. The molecule has 1 aromatic carbocycles. The van der Waals surface area contributed by atoms with E-state index in [4.69, 9.17) is 4.74 Å². The zero-order valence-electron chi connectivity index (χ0n) is 9.68. The van der Waals surface area contributed by atoms with Crippen molar-refractivity contribution >= 4 is 23.4 Å². The highest BCUT2D eigenvalue weighted by Crippen LogP contribution is 2.26. The minimum absolute atomic E-state index is 0.374. The number of nitrogens with zero attached hydrogens (tertiary/aromatic N) is 1. The van der Waals surface area contributed by atoms with Crippen LogP contribution in [0.15, 0.2) is 23.1 Å². The van der Waals surface area contributed by atoms with E-state index in [1.807, 2.05) is 18.4 Å². The van der Waals surface area contributed by atoms with E-state index in [9.17, 15) is 9.90 Å². The van der Waals surface area contributed by atoms with Crippen molar-refractivity contribution < 1.29 is 14.6 Å². The number of carboxylic acid groups (broad SMARTS) is 1. The van der Waals surface area contributed by atoms with Gasteiger partial charge in [-0.2, -0.15) is 0 Å². The molecule has 1 aliphatic rings. The lowest BCUT2D eigenvalue weighted by molar-refractivity contribution is 0.0696. The summed E-state index contributed by atoms with van der Waals surface area (Å²) < 4.78 is 5.27. The van der Waals surface area contributed by atoms with E-state index in [-0.39, 0.29) is 0 Å². The smallest absolute Gasteiger partial charge is 0.337 e. The fraction of sp³-hybridized carbons (Fsp3) is 0.417. The Morgan fingerprint density at radius 1 is 1.41 bits per heavy atom. The molecule has 0 atom stereocenters. The fourth-order valence-corrected chi connectivity index (χ4v) is 2.33. The van der Waals surface area contributed by atoms with Gasteiger partial charge in [0.1, 0.15) is 0 Å². The third kappa shape index (κ3) is 2.73. The zero-order chi connectivity index (χ0) is 12.3. The van der Waals surface area contributed by atoms with Crippen LogP contribution in [-0.4, -0.2) is 43.6 Å². The van der Waals surface area contributed by atoms with Gasteiger partial charge in [-0.05, 0) is 24.5 Å². The number of thioether (sulfide) groups is 1. The number of carboxylic acids is 1. The van der Waals surface area contributed by atoms with Crippen molar-refractivity contribution in [2.45, 2.75) is 4.90 Å². The number of hydrogen-bond donors (Lipinski definition) is 1. The largest absolute Gasteiger partial charge is 0.478 e. The third-order valence-electron chi connectivity index (χ3n) is 2.79. The summed E-state index contributed by atoms with van der Waals surface area (Å²) in [5.74, 6) is -0.873. The highest BCUT2D eigenvalue weighted by Gasteiger charge is 2.18. The molecule has 0 aromatic heterocycles. The minimum atomic E-state index is -0.873. The van der Waals surface area contributed by atoms with Gasteiger partial charge in [0, 0.05) is 18.0 Å². The summed E-state index contributed by atoms with van der Waals surface area (Å²) in [6.45, 7) is 2.81. The van der Waals surface area contributed by atoms with E-state index in [2.05, 4.69) is 4.90 Å². The van der Waals surface area contributed by atoms with Crippen LogP contribution in [0.5, 0.6) is 0 Å². The molecule has 0 unspecified atom stereocenters. The van der Waals surface area contributed by atoms with E-state index in [1.165, 1.54) is 0 Å². The molecule has 0 amide bonds. The Bertz CT molecular complexity index is 416. The molecule has 1 N–H and O–H groups in total. The van der Waals surface area contributed by atoms with Crippen molar-refractivity contribution in [3.05, 3.63) is 23.8 Å². The maximum atomic E-state index is 11.3. The second-order valence-electron chi connectivity index (χ2n) is 3.79. The summed E-state index contributed by atoms with van der Waals surface area (Å²) >= 11 is 1.55. The molecule has 0 bridgehead atoms. The summed E-state index contributed by atoms with van der Waals surface area (Å²) in [5, 5.41) is 9.25. The Morgan fingerprint density at radius 3 is 2.71 bits per heavy atom. The van der Waals surface area contributed by atoms with Crippen molar-refractivity contribution in [1.29, 1.82) is 0 Å². The van der Waals surface area contributed by atoms with Crippen LogP contribution in [0.1, 0.15) is 10.4 Å². The van der Waals surface area contributed by atoms with Gasteiger partial charge < -0.3 is 14.7 Å². The number of benzene rings is 1. The number of aromatic carboxylic acids is 1. The first kappa shape index (κ1) is 12.3. The lowest BCUT2D eigenvalue weighted by atomic mass is 10.1. The predicted octanol–water partition coefficient (Wildman–Crippen LogP) is 1.94. The topological polar surface area (TPSA) is 49.8 Å². The van der Waals surface area contributed by atoms with E-state index in [0.29, 0.717) is 18.8 Å². The number of anilines is 1. The molecule has 4 nitrogen and oxygen atoms in total. The second-order valence-corrected chi connectivity index (χ2v) is 4.67. The number of rotatable bonds is 3. The lowest BCUT2D eigenvalue weighted by Crippen LogP contribution is -2.37. The molecule has 1 fully saturated rings. The molecule has 17 heavy (non-hydrogen) atoms. The van der Waals surface area contributed by atoms with Gasteiger partial charge in [-0.3, -0.25) is 0 Å². The first-order chi connectivity index (χ1) is 8.22. The maximum Gasteiger partial charge on any atom is 0.337 e. The quantitative estimate of drug-likeness (QED) is 0.834. The Morgan fingerprint density at radius 2 is 2.12 bits per heavy atom. The molecular formula is C12H15NO3S. The summed E-state index contributed by atoms with van der Waals surface area (Å²) in [5.41, 5.74) is 1.16. The Kier molecular flexibility index (Phi) is 3.91. The first-order valence-corrected chi connectivity index (χ1v) is 6.69. The Balaban J connectivity index is 2.34. The molecule has 2 rings (SSSR count). The van der Waals surface area contributed by atoms with Gasteiger partial charge in [0.05, 0.1) is 24.5 Å². The van der Waals surface area contributed by atoms with Crippen LogP contribution in [0, 0.1) is 0 Å². The number of ether oxygens (including phenoxy) is 1. The monoisotopic (exact) mass is 253 g/mol. The Labute approximate surface area is 105 Å². The summed E-state index contributed by atoms with van der Waals surface area (Å²) in [6, 6.07) is 5.58. The van der Waals surface area contributed by atoms with Crippen molar-refractivity contribution in [2.75, 3.05) is 37.5 Å². The minimum Gasteiger partial charge on any atom is -0.478 e. The van der Waals surface area contributed by atoms with Crippen molar-refractivity contribution in [3.8, 4) is 0 Å². The van der Waals surface area contributed by atoms with Gasteiger partial charge in [0.2, 0.25) is 0 Å². The Hall–Kier alpha value is -1.20. The molecular weight excluding hydrogens is 238 g/mol. The van der Waals surface area contributed by atoms with E-state index in [0.717, 1.165) is 23.7 Å². The van der Waals surface area contributed by atoms with Crippen LogP contribution in [0.2, 0.25) is 0 Å².